The standard InChI is InChI=1S/C16H27N3O/c1-5-17-10-13-6-7-15-14(9-13)12(3)18-16(19-15)8-11(2)20-4/h11,13,17H,5-10H2,1-4H3. The second-order valence-corrected chi connectivity index (χ2v) is 5.82. The van der Waals surface area contributed by atoms with E-state index in [-0.39, 0.29) is 6.10 Å². The van der Waals surface area contributed by atoms with Gasteiger partial charge in [-0.15, -0.1) is 0 Å². The van der Waals surface area contributed by atoms with Crippen LogP contribution in [0.15, 0.2) is 0 Å². The molecule has 1 aromatic heterocycles. The maximum Gasteiger partial charge on any atom is 0.131 e. The lowest BCUT2D eigenvalue weighted by molar-refractivity contribution is 0.117. The number of nitrogens with one attached hydrogen (secondary N) is 1. The lowest BCUT2D eigenvalue weighted by atomic mass is 9.85. The fraction of sp³-hybridized carbons (Fsp3) is 0.750. The Bertz CT molecular complexity index is 448. The molecule has 112 valence electrons. The highest BCUT2D eigenvalue weighted by Gasteiger charge is 2.22. The molecule has 2 unspecified atom stereocenters. The van der Waals surface area contributed by atoms with Crippen LogP contribution >= 0.6 is 0 Å². The summed E-state index contributed by atoms with van der Waals surface area (Å²) in [5, 5.41) is 3.46. The molecule has 20 heavy (non-hydrogen) atoms. The average molecular weight is 277 g/mol. The quantitative estimate of drug-likeness (QED) is 0.865. The van der Waals surface area contributed by atoms with Crippen LogP contribution in [0.5, 0.6) is 0 Å². The van der Waals surface area contributed by atoms with Crippen molar-refractivity contribution in [2.45, 2.75) is 52.6 Å². The van der Waals surface area contributed by atoms with Gasteiger partial charge in [0.05, 0.1) is 6.10 Å². The van der Waals surface area contributed by atoms with Crippen molar-refractivity contribution in [3.05, 3.63) is 22.8 Å². The molecule has 0 radical (unpaired) electrons. The predicted octanol–water partition coefficient (Wildman–Crippen LogP) is 2.08. The Morgan fingerprint density at radius 3 is 2.90 bits per heavy atom. The van der Waals surface area contributed by atoms with E-state index in [9.17, 15) is 0 Å². The molecule has 1 heterocycles. The van der Waals surface area contributed by atoms with Gasteiger partial charge in [-0.05, 0) is 57.7 Å². The molecule has 0 spiro atoms. The highest BCUT2D eigenvalue weighted by molar-refractivity contribution is 5.28. The highest BCUT2D eigenvalue weighted by Crippen LogP contribution is 2.26. The van der Waals surface area contributed by atoms with E-state index in [1.165, 1.54) is 17.7 Å². The van der Waals surface area contributed by atoms with Crippen molar-refractivity contribution in [2.75, 3.05) is 20.2 Å². The van der Waals surface area contributed by atoms with Crippen molar-refractivity contribution in [1.29, 1.82) is 0 Å². The number of aryl methyl sites for hydroxylation is 2. The Labute approximate surface area is 122 Å². The maximum atomic E-state index is 5.31. The minimum absolute atomic E-state index is 0.178. The molecule has 0 aromatic carbocycles. The van der Waals surface area contributed by atoms with E-state index < -0.39 is 0 Å². The zero-order valence-electron chi connectivity index (χ0n) is 13.2. The number of hydrogen-bond donors (Lipinski definition) is 1. The number of rotatable bonds is 6. The zero-order chi connectivity index (χ0) is 14.5. The van der Waals surface area contributed by atoms with E-state index in [4.69, 9.17) is 9.72 Å². The van der Waals surface area contributed by atoms with E-state index in [0.29, 0.717) is 0 Å². The van der Waals surface area contributed by atoms with Crippen LogP contribution in [0.25, 0.3) is 0 Å². The summed E-state index contributed by atoms with van der Waals surface area (Å²) in [4.78, 5) is 9.44. The van der Waals surface area contributed by atoms with Gasteiger partial charge in [0.15, 0.2) is 0 Å². The third kappa shape index (κ3) is 3.76. The van der Waals surface area contributed by atoms with Gasteiger partial charge in [0.25, 0.3) is 0 Å². The summed E-state index contributed by atoms with van der Waals surface area (Å²) in [7, 11) is 1.74. The Kier molecular flexibility index (Phi) is 5.49. The van der Waals surface area contributed by atoms with E-state index in [1.54, 1.807) is 7.11 Å². The van der Waals surface area contributed by atoms with E-state index in [1.807, 2.05) is 0 Å². The number of fused-ring (bicyclic) bond motifs is 1. The molecule has 2 rings (SSSR count). The number of nitrogens with zero attached hydrogens (tertiary/aromatic N) is 2. The van der Waals surface area contributed by atoms with Crippen LogP contribution < -0.4 is 5.32 Å². The summed E-state index contributed by atoms with van der Waals surface area (Å²) in [6, 6.07) is 0. The van der Waals surface area contributed by atoms with Crippen molar-refractivity contribution in [3.63, 3.8) is 0 Å². The van der Waals surface area contributed by atoms with Crippen molar-refractivity contribution in [3.8, 4) is 0 Å². The van der Waals surface area contributed by atoms with E-state index in [2.05, 4.69) is 31.1 Å². The van der Waals surface area contributed by atoms with Gasteiger partial charge in [-0.3, -0.25) is 0 Å². The summed E-state index contributed by atoms with van der Waals surface area (Å²) < 4.78 is 5.31. The Morgan fingerprint density at radius 2 is 2.20 bits per heavy atom. The second kappa shape index (κ2) is 7.14. The minimum Gasteiger partial charge on any atom is -0.381 e. The van der Waals surface area contributed by atoms with Gasteiger partial charge in [-0.1, -0.05) is 6.92 Å². The van der Waals surface area contributed by atoms with E-state index >= 15 is 0 Å². The van der Waals surface area contributed by atoms with Crippen LogP contribution in [0.4, 0.5) is 0 Å². The second-order valence-electron chi connectivity index (χ2n) is 5.82. The number of methoxy groups -OCH3 is 1. The molecule has 0 saturated carbocycles. The van der Waals surface area contributed by atoms with Gasteiger partial charge >= 0.3 is 0 Å². The molecule has 4 heteroatoms. The molecule has 0 amide bonds. The SMILES string of the molecule is CCNCC1CCc2nc(CC(C)OC)nc(C)c2C1. The molecule has 1 N–H and O–H groups in total. The first-order chi connectivity index (χ1) is 9.63. The first kappa shape index (κ1) is 15.4. The van der Waals surface area contributed by atoms with Gasteiger partial charge in [0, 0.05) is 24.9 Å². The van der Waals surface area contributed by atoms with Gasteiger partial charge in [0.2, 0.25) is 0 Å². The molecule has 0 fully saturated rings. The smallest absolute Gasteiger partial charge is 0.131 e. The Morgan fingerprint density at radius 1 is 1.40 bits per heavy atom. The number of ether oxygens (including phenoxy) is 1. The van der Waals surface area contributed by atoms with Crippen molar-refractivity contribution < 1.29 is 4.74 Å². The first-order valence-electron chi connectivity index (χ1n) is 7.72. The molecule has 2 atom stereocenters. The van der Waals surface area contributed by atoms with Crippen LogP contribution in [-0.2, 0) is 24.0 Å². The van der Waals surface area contributed by atoms with Crippen molar-refractivity contribution in [1.82, 2.24) is 15.3 Å². The van der Waals surface area contributed by atoms with Crippen LogP contribution in [0, 0.1) is 12.8 Å². The number of aromatic nitrogens is 2. The maximum absolute atomic E-state index is 5.31. The van der Waals surface area contributed by atoms with Crippen LogP contribution in [-0.4, -0.2) is 36.3 Å². The fourth-order valence-corrected chi connectivity index (χ4v) is 2.88. The molecule has 1 aliphatic carbocycles. The highest BCUT2D eigenvalue weighted by atomic mass is 16.5. The number of hydrogen-bond acceptors (Lipinski definition) is 4. The average Bonchev–Trinajstić information content (AvgIpc) is 2.45. The summed E-state index contributed by atoms with van der Waals surface area (Å²) in [5.74, 6) is 1.66. The molecule has 1 aromatic rings. The zero-order valence-corrected chi connectivity index (χ0v) is 13.2. The van der Waals surface area contributed by atoms with E-state index in [0.717, 1.165) is 49.8 Å². The topological polar surface area (TPSA) is 47.0 Å². The third-order valence-corrected chi connectivity index (χ3v) is 4.18. The van der Waals surface area contributed by atoms with Crippen molar-refractivity contribution >= 4 is 0 Å². The minimum atomic E-state index is 0.178. The van der Waals surface area contributed by atoms with Gasteiger partial charge in [-0.2, -0.15) is 0 Å². The normalized spacial score (nSPS) is 19.7. The summed E-state index contributed by atoms with van der Waals surface area (Å²) in [5.41, 5.74) is 3.81. The molecule has 0 aliphatic heterocycles. The molecule has 0 saturated heterocycles. The Hall–Kier alpha value is -1.00. The lowest BCUT2D eigenvalue weighted by Crippen LogP contribution is -2.28. The van der Waals surface area contributed by atoms with Gasteiger partial charge < -0.3 is 10.1 Å². The summed E-state index contributed by atoms with van der Waals surface area (Å²) in [6.07, 6.45) is 4.41. The predicted molar refractivity (Wildman–Crippen MR) is 81.0 cm³/mol. The van der Waals surface area contributed by atoms with Crippen LogP contribution in [0.3, 0.4) is 0 Å². The fourth-order valence-electron chi connectivity index (χ4n) is 2.88. The molecule has 0 bridgehead atoms. The summed E-state index contributed by atoms with van der Waals surface area (Å²) in [6.45, 7) is 8.50. The Balaban J connectivity index is 2.10. The largest absolute Gasteiger partial charge is 0.381 e. The molecule has 4 nitrogen and oxygen atoms in total. The first-order valence-corrected chi connectivity index (χ1v) is 7.72. The molecular weight excluding hydrogens is 250 g/mol. The lowest BCUT2D eigenvalue weighted by Gasteiger charge is -2.25. The van der Waals surface area contributed by atoms with Gasteiger partial charge in [0.1, 0.15) is 5.82 Å². The van der Waals surface area contributed by atoms with Crippen molar-refractivity contribution in [2.24, 2.45) is 5.92 Å². The van der Waals surface area contributed by atoms with Crippen LogP contribution in [0.1, 0.15) is 43.0 Å². The third-order valence-electron chi connectivity index (χ3n) is 4.18. The van der Waals surface area contributed by atoms with Gasteiger partial charge in [-0.25, -0.2) is 9.97 Å². The monoisotopic (exact) mass is 277 g/mol. The molecular formula is C16H27N3O. The summed E-state index contributed by atoms with van der Waals surface area (Å²) >= 11 is 0. The van der Waals surface area contributed by atoms with Crippen LogP contribution in [0.2, 0.25) is 0 Å². The molecule has 1 aliphatic rings.